The summed E-state index contributed by atoms with van der Waals surface area (Å²) in [7, 11) is -3.67. The van der Waals surface area contributed by atoms with Gasteiger partial charge in [-0.25, -0.2) is 13.4 Å². The molecule has 1 aromatic carbocycles. The van der Waals surface area contributed by atoms with Crippen molar-refractivity contribution in [1.29, 1.82) is 0 Å². The Balaban J connectivity index is 1.47. The molecule has 170 valence electrons. The molecule has 1 aliphatic rings. The average molecular weight is 477 g/mol. The summed E-state index contributed by atoms with van der Waals surface area (Å²) < 4.78 is 26.9. The van der Waals surface area contributed by atoms with Crippen molar-refractivity contribution in [3.05, 3.63) is 44.8 Å². The summed E-state index contributed by atoms with van der Waals surface area (Å²) in [5.74, 6) is -0.262. The monoisotopic (exact) mass is 476 g/mol. The zero-order valence-corrected chi connectivity index (χ0v) is 19.4. The topological polar surface area (TPSA) is 132 Å². The van der Waals surface area contributed by atoms with Gasteiger partial charge in [0, 0.05) is 30.8 Å². The first-order valence-corrected chi connectivity index (χ1v) is 12.5. The highest BCUT2D eigenvalue weighted by Gasteiger charge is 2.28. The predicted molar refractivity (Wildman–Crippen MR) is 123 cm³/mol. The van der Waals surface area contributed by atoms with Crippen LogP contribution in [0.25, 0.3) is 10.2 Å². The number of nitrogens with one attached hydrogen (secondary N) is 2. The van der Waals surface area contributed by atoms with E-state index in [2.05, 4.69) is 15.3 Å². The second-order valence-corrected chi connectivity index (χ2v) is 11.0. The number of hydrogen-bond donors (Lipinski definition) is 3. The molecule has 11 heteroatoms. The van der Waals surface area contributed by atoms with Gasteiger partial charge in [-0.1, -0.05) is 0 Å². The number of hydrogen-bond acceptors (Lipinski definition) is 7. The molecule has 1 amide bonds. The number of H-pyrrole nitrogens is 1. The number of phenols is 1. The number of aryl methyl sites for hydroxylation is 3. The number of aromatic hydroxyl groups is 1. The number of anilines is 1. The molecule has 2 aromatic heterocycles. The van der Waals surface area contributed by atoms with Gasteiger partial charge in [-0.15, -0.1) is 11.3 Å². The second kappa shape index (κ2) is 8.64. The lowest BCUT2D eigenvalue weighted by Crippen LogP contribution is -2.28. The molecule has 1 fully saturated rings. The van der Waals surface area contributed by atoms with Crippen molar-refractivity contribution in [2.45, 2.75) is 44.4 Å². The average Bonchev–Trinajstić information content (AvgIpc) is 3.37. The van der Waals surface area contributed by atoms with Gasteiger partial charge in [-0.3, -0.25) is 9.59 Å². The molecule has 3 aromatic rings. The molecule has 0 bridgehead atoms. The van der Waals surface area contributed by atoms with Crippen molar-refractivity contribution in [3.63, 3.8) is 0 Å². The lowest BCUT2D eigenvalue weighted by Gasteiger charge is -2.16. The fourth-order valence-electron chi connectivity index (χ4n) is 3.72. The van der Waals surface area contributed by atoms with Crippen LogP contribution in [-0.4, -0.2) is 46.8 Å². The summed E-state index contributed by atoms with van der Waals surface area (Å²) in [5, 5.41) is 13.2. The summed E-state index contributed by atoms with van der Waals surface area (Å²) >= 11 is 1.43. The van der Waals surface area contributed by atoms with E-state index in [1.807, 2.05) is 13.8 Å². The molecule has 4 rings (SSSR count). The smallest absolute Gasteiger partial charge is 0.259 e. The molecule has 9 nitrogen and oxygen atoms in total. The van der Waals surface area contributed by atoms with E-state index in [1.54, 1.807) is 0 Å². The highest BCUT2D eigenvalue weighted by atomic mass is 32.2. The van der Waals surface area contributed by atoms with Gasteiger partial charge in [0.25, 0.3) is 5.56 Å². The van der Waals surface area contributed by atoms with E-state index >= 15 is 0 Å². The number of amides is 1. The maximum atomic E-state index is 12.7. The van der Waals surface area contributed by atoms with Crippen molar-refractivity contribution < 1.29 is 18.3 Å². The quantitative estimate of drug-likeness (QED) is 0.469. The number of carbonyl (C=O) groups is 1. The summed E-state index contributed by atoms with van der Waals surface area (Å²) in [5.41, 5.74) is 0.698. The normalized spacial score (nSPS) is 14.8. The number of nitrogens with zero attached hydrogens (tertiary/aromatic N) is 2. The molecule has 0 spiro atoms. The van der Waals surface area contributed by atoms with Crippen molar-refractivity contribution in [1.82, 2.24) is 14.3 Å². The maximum Gasteiger partial charge on any atom is 0.259 e. The van der Waals surface area contributed by atoms with Crippen molar-refractivity contribution in [2.75, 3.05) is 18.4 Å². The minimum Gasteiger partial charge on any atom is -0.506 e. The highest BCUT2D eigenvalue weighted by molar-refractivity contribution is 7.89. The number of aromatic nitrogens is 2. The number of aromatic amines is 1. The molecule has 3 N–H and O–H groups in total. The van der Waals surface area contributed by atoms with E-state index in [4.69, 9.17) is 0 Å². The molecule has 3 heterocycles. The molecule has 0 saturated carbocycles. The Labute approximate surface area is 189 Å². The zero-order chi connectivity index (χ0) is 23.0. The largest absolute Gasteiger partial charge is 0.506 e. The number of phenolic OH excluding ortho intramolecular Hbond substituents is 1. The van der Waals surface area contributed by atoms with Crippen molar-refractivity contribution in [3.8, 4) is 5.75 Å². The fourth-order valence-corrected chi connectivity index (χ4v) is 6.31. The lowest BCUT2D eigenvalue weighted by atomic mass is 10.2. The van der Waals surface area contributed by atoms with Crippen LogP contribution in [0.4, 0.5) is 5.69 Å². The standard InChI is InChI=1S/C21H24N4O5S2/c1-12-13(2)31-21-19(12)20(28)23-17(24-21)7-8-18(27)22-15-11-14(5-6-16(15)26)32(29,30)25-9-3-4-10-25/h5-6,11,26H,3-4,7-10H2,1-2H3,(H,22,27)(H,23,24,28). The molecule has 0 atom stereocenters. The minimum atomic E-state index is -3.67. The third-order valence-corrected chi connectivity index (χ3v) is 8.62. The third kappa shape index (κ3) is 4.27. The first-order chi connectivity index (χ1) is 15.2. The van der Waals surface area contributed by atoms with Crippen LogP contribution in [0.1, 0.15) is 35.5 Å². The number of rotatable bonds is 6. The van der Waals surface area contributed by atoms with Crippen LogP contribution in [0.15, 0.2) is 27.9 Å². The highest BCUT2D eigenvalue weighted by Crippen LogP contribution is 2.29. The predicted octanol–water partition coefficient (Wildman–Crippen LogP) is 2.66. The Morgan fingerprint density at radius 2 is 2.00 bits per heavy atom. The van der Waals surface area contributed by atoms with E-state index in [0.717, 1.165) is 23.3 Å². The number of sulfonamides is 1. The van der Waals surface area contributed by atoms with Crippen LogP contribution >= 0.6 is 11.3 Å². The van der Waals surface area contributed by atoms with Gasteiger partial charge >= 0.3 is 0 Å². The Morgan fingerprint density at radius 3 is 2.72 bits per heavy atom. The third-order valence-electron chi connectivity index (χ3n) is 5.62. The van der Waals surface area contributed by atoms with Crippen LogP contribution in [0.3, 0.4) is 0 Å². The fraction of sp³-hybridized carbons (Fsp3) is 0.381. The van der Waals surface area contributed by atoms with Gasteiger partial charge < -0.3 is 15.4 Å². The van der Waals surface area contributed by atoms with Crippen LogP contribution < -0.4 is 10.9 Å². The molecular weight excluding hydrogens is 452 g/mol. The number of thiophene rings is 1. The van der Waals surface area contributed by atoms with Gasteiger partial charge in [-0.2, -0.15) is 4.31 Å². The van der Waals surface area contributed by atoms with E-state index in [0.29, 0.717) is 29.1 Å². The van der Waals surface area contributed by atoms with E-state index < -0.39 is 15.9 Å². The van der Waals surface area contributed by atoms with Crippen LogP contribution in [0.5, 0.6) is 5.75 Å². The summed E-state index contributed by atoms with van der Waals surface area (Å²) in [6.07, 6.45) is 1.82. The number of fused-ring (bicyclic) bond motifs is 1. The van der Waals surface area contributed by atoms with Gasteiger partial charge in [0.2, 0.25) is 15.9 Å². The number of carbonyl (C=O) groups excluding carboxylic acids is 1. The summed E-state index contributed by atoms with van der Waals surface area (Å²) in [6, 6.07) is 3.85. The zero-order valence-electron chi connectivity index (χ0n) is 17.8. The van der Waals surface area contributed by atoms with Gasteiger partial charge in [0.15, 0.2) is 0 Å². The van der Waals surface area contributed by atoms with Crippen molar-refractivity contribution >= 4 is 43.2 Å². The van der Waals surface area contributed by atoms with Gasteiger partial charge in [0.1, 0.15) is 16.4 Å². The maximum absolute atomic E-state index is 12.7. The molecule has 0 unspecified atom stereocenters. The van der Waals surface area contributed by atoms with Gasteiger partial charge in [-0.05, 0) is 50.5 Å². The SMILES string of the molecule is Cc1sc2nc(CCC(=O)Nc3cc(S(=O)(=O)N4CCCC4)ccc3O)[nH]c(=O)c2c1C. The summed E-state index contributed by atoms with van der Waals surface area (Å²) in [4.78, 5) is 33.7. The molecule has 0 aliphatic carbocycles. The molecular formula is C21H24N4O5S2. The Kier molecular flexibility index (Phi) is 6.06. The molecule has 0 radical (unpaired) electrons. The van der Waals surface area contributed by atoms with Crippen LogP contribution in [-0.2, 0) is 21.2 Å². The van der Waals surface area contributed by atoms with Gasteiger partial charge in [0.05, 0.1) is 16.0 Å². The molecule has 1 aliphatic heterocycles. The number of benzene rings is 1. The van der Waals surface area contributed by atoms with E-state index in [-0.39, 0.29) is 34.7 Å². The second-order valence-electron chi connectivity index (χ2n) is 7.81. The Bertz CT molecular complexity index is 1350. The lowest BCUT2D eigenvalue weighted by molar-refractivity contribution is -0.116. The minimum absolute atomic E-state index is 0.000326. The first-order valence-electron chi connectivity index (χ1n) is 10.3. The van der Waals surface area contributed by atoms with Crippen LogP contribution in [0.2, 0.25) is 0 Å². The van der Waals surface area contributed by atoms with Crippen molar-refractivity contribution in [2.24, 2.45) is 0 Å². The summed E-state index contributed by atoms with van der Waals surface area (Å²) in [6.45, 7) is 4.73. The van der Waals surface area contributed by atoms with E-state index in [1.165, 1.54) is 33.8 Å². The van der Waals surface area contributed by atoms with E-state index in [9.17, 15) is 23.1 Å². The molecule has 1 saturated heterocycles. The first kappa shape index (κ1) is 22.4. The molecule has 32 heavy (non-hydrogen) atoms. The Morgan fingerprint density at radius 1 is 1.28 bits per heavy atom. The van der Waals surface area contributed by atoms with Crippen LogP contribution in [0, 0.1) is 13.8 Å². The Hall–Kier alpha value is -2.76.